The van der Waals surface area contributed by atoms with Gasteiger partial charge < -0.3 is 15.8 Å². The van der Waals surface area contributed by atoms with Gasteiger partial charge in [-0.15, -0.1) is 0 Å². The smallest absolute Gasteiger partial charge is 0.288 e. The Hall–Kier alpha value is -3.88. The van der Waals surface area contributed by atoms with Crippen LogP contribution in [0.3, 0.4) is 0 Å². The van der Waals surface area contributed by atoms with Crippen molar-refractivity contribution in [3.8, 4) is 5.75 Å². The molecule has 9 heteroatoms. The molecule has 2 heterocycles. The molecule has 2 aromatic heterocycles. The lowest BCUT2D eigenvalue weighted by atomic mass is 10.3. The Morgan fingerprint density at radius 1 is 1.04 bits per heavy atom. The first-order valence-electron chi connectivity index (χ1n) is 7.66. The van der Waals surface area contributed by atoms with Crippen molar-refractivity contribution in [1.29, 1.82) is 0 Å². The van der Waals surface area contributed by atoms with E-state index in [2.05, 4.69) is 31.1 Å². The molecule has 0 aliphatic rings. The van der Waals surface area contributed by atoms with Crippen molar-refractivity contribution in [2.75, 3.05) is 23.6 Å². The third-order valence-electron chi connectivity index (χ3n) is 3.43. The Morgan fingerprint density at radius 3 is 2.50 bits per heavy atom. The van der Waals surface area contributed by atoms with E-state index < -0.39 is 5.91 Å². The highest BCUT2D eigenvalue weighted by Crippen LogP contribution is 2.26. The van der Waals surface area contributed by atoms with E-state index in [0.717, 1.165) is 11.4 Å². The number of nitrogens with one attached hydrogen (secondary N) is 3. The molecule has 0 unspecified atom stereocenters. The van der Waals surface area contributed by atoms with E-state index in [1.165, 1.54) is 12.5 Å². The number of pyridine rings is 1. The molecule has 0 bridgehead atoms. The predicted molar refractivity (Wildman–Crippen MR) is 98.0 cm³/mol. The summed E-state index contributed by atoms with van der Waals surface area (Å²) in [6.45, 7) is 0. The second-order valence-corrected chi connectivity index (χ2v) is 5.13. The summed E-state index contributed by atoms with van der Waals surface area (Å²) < 4.78 is 5.12. The van der Waals surface area contributed by atoms with Crippen LogP contribution >= 0.6 is 0 Å². The molecule has 1 amide bonds. The highest BCUT2D eigenvalue weighted by Gasteiger charge is 2.11. The zero-order chi connectivity index (χ0) is 18.4. The first-order chi connectivity index (χ1) is 12.7. The van der Waals surface area contributed by atoms with Crippen molar-refractivity contribution in [3.05, 3.63) is 60.7 Å². The number of amides is 1. The van der Waals surface area contributed by atoms with Crippen LogP contribution in [0, 0.1) is 0 Å². The summed E-state index contributed by atoms with van der Waals surface area (Å²) in [6, 6.07) is 12.3. The number of hydrazine groups is 1. The maximum absolute atomic E-state index is 12.0. The van der Waals surface area contributed by atoms with E-state index in [1.807, 2.05) is 24.3 Å². The van der Waals surface area contributed by atoms with Gasteiger partial charge >= 0.3 is 0 Å². The highest BCUT2D eigenvalue weighted by atomic mass is 16.5. The molecule has 9 nitrogen and oxygen atoms in total. The minimum Gasteiger partial charge on any atom is -0.497 e. The van der Waals surface area contributed by atoms with E-state index in [9.17, 15) is 4.79 Å². The molecule has 0 spiro atoms. The van der Waals surface area contributed by atoms with Gasteiger partial charge in [0.2, 0.25) is 0 Å². The predicted octanol–water partition coefficient (Wildman–Crippen LogP) is 1.96. The SMILES string of the molecule is COc1ccc(Nc2ncnc(NNC(=O)c3ccccn3)c2N)cc1. The summed E-state index contributed by atoms with van der Waals surface area (Å²) in [6.07, 6.45) is 2.86. The van der Waals surface area contributed by atoms with Crippen molar-refractivity contribution in [2.45, 2.75) is 0 Å². The molecule has 0 aliphatic carbocycles. The van der Waals surface area contributed by atoms with Crippen LogP contribution in [0.1, 0.15) is 10.5 Å². The molecule has 0 radical (unpaired) electrons. The van der Waals surface area contributed by atoms with Crippen molar-refractivity contribution >= 4 is 28.9 Å². The molecule has 26 heavy (non-hydrogen) atoms. The number of carbonyl (C=O) groups excluding carboxylic acids is 1. The second kappa shape index (κ2) is 7.79. The maximum Gasteiger partial charge on any atom is 0.288 e. The van der Waals surface area contributed by atoms with Crippen molar-refractivity contribution in [1.82, 2.24) is 20.4 Å². The molecule has 0 aliphatic heterocycles. The van der Waals surface area contributed by atoms with Crippen molar-refractivity contribution < 1.29 is 9.53 Å². The molecule has 0 atom stereocenters. The lowest BCUT2D eigenvalue weighted by molar-refractivity contribution is 0.0957. The summed E-state index contributed by atoms with van der Waals surface area (Å²) in [5.41, 5.74) is 12.5. The maximum atomic E-state index is 12.0. The van der Waals surface area contributed by atoms with Gasteiger partial charge in [-0.05, 0) is 36.4 Å². The van der Waals surface area contributed by atoms with Gasteiger partial charge in [0.25, 0.3) is 5.91 Å². The van der Waals surface area contributed by atoms with Crippen LogP contribution in [-0.4, -0.2) is 28.0 Å². The van der Waals surface area contributed by atoms with Crippen LogP contribution in [0.25, 0.3) is 0 Å². The number of nitrogens with two attached hydrogens (primary N) is 1. The Morgan fingerprint density at radius 2 is 1.81 bits per heavy atom. The molecule has 0 fully saturated rings. The number of hydrogen-bond donors (Lipinski definition) is 4. The monoisotopic (exact) mass is 351 g/mol. The normalized spacial score (nSPS) is 10.0. The lowest BCUT2D eigenvalue weighted by Crippen LogP contribution is -2.31. The van der Waals surface area contributed by atoms with Gasteiger partial charge in [0.15, 0.2) is 11.6 Å². The quantitative estimate of drug-likeness (QED) is 0.496. The van der Waals surface area contributed by atoms with E-state index >= 15 is 0 Å². The second-order valence-electron chi connectivity index (χ2n) is 5.13. The molecule has 0 saturated carbocycles. The summed E-state index contributed by atoms with van der Waals surface area (Å²) in [5, 5.41) is 3.09. The fourth-order valence-electron chi connectivity index (χ4n) is 2.08. The third kappa shape index (κ3) is 3.96. The number of benzene rings is 1. The van der Waals surface area contributed by atoms with Crippen molar-refractivity contribution in [2.24, 2.45) is 0 Å². The average molecular weight is 351 g/mol. The molecule has 3 aromatic rings. The Balaban J connectivity index is 1.69. The van der Waals surface area contributed by atoms with Gasteiger partial charge in [-0.25, -0.2) is 9.97 Å². The highest BCUT2D eigenvalue weighted by molar-refractivity contribution is 5.93. The number of ether oxygens (including phenoxy) is 1. The molecular weight excluding hydrogens is 334 g/mol. The van der Waals surface area contributed by atoms with Crippen molar-refractivity contribution in [3.63, 3.8) is 0 Å². The fourth-order valence-corrected chi connectivity index (χ4v) is 2.08. The van der Waals surface area contributed by atoms with E-state index in [0.29, 0.717) is 5.82 Å². The summed E-state index contributed by atoms with van der Waals surface area (Å²) >= 11 is 0. The number of aromatic nitrogens is 3. The number of nitrogens with zero attached hydrogens (tertiary/aromatic N) is 3. The fraction of sp³-hybridized carbons (Fsp3) is 0.0588. The molecule has 5 N–H and O–H groups in total. The number of hydrogen-bond acceptors (Lipinski definition) is 8. The average Bonchev–Trinajstić information content (AvgIpc) is 2.69. The molecule has 0 saturated heterocycles. The van der Waals surface area contributed by atoms with Gasteiger partial charge in [0.1, 0.15) is 23.5 Å². The summed E-state index contributed by atoms with van der Waals surface area (Å²) in [5.74, 6) is 0.999. The van der Waals surface area contributed by atoms with Crippen LogP contribution < -0.4 is 26.6 Å². The number of rotatable bonds is 6. The molecule has 3 rings (SSSR count). The van der Waals surface area contributed by atoms with E-state index in [1.54, 1.807) is 25.3 Å². The first-order valence-corrected chi connectivity index (χ1v) is 7.66. The van der Waals surface area contributed by atoms with Gasteiger partial charge in [0.05, 0.1) is 7.11 Å². The topological polar surface area (TPSA) is 127 Å². The van der Waals surface area contributed by atoms with Crippen LogP contribution in [0.4, 0.5) is 23.0 Å². The van der Waals surface area contributed by atoms with Crippen LogP contribution in [0.5, 0.6) is 5.75 Å². The van der Waals surface area contributed by atoms with Crippen LogP contribution in [0.2, 0.25) is 0 Å². The van der Waals surface area contributed by atoms with Gasteiger partial charge in [-0.1, -0.05) is 6.07 Å². The van der Waals surface area contributed by atoms with E-state index in [4.69, 9.17) is 10.5 Å². The third-order valence-corrected chi connectivity index (χ3v) is 3.43. The number of nitrogen functional groups attached to an aromatic ring is 1. The minimum atomic E-state index is -0.409. The first kappa shape index (κ1) is 17.0. The number of carbonyl (C=O) groups is 1. The van der Waals surface area contributed by atoms with Crippen LogP contribution in [-0.2, 0) is 0 Å². The molecule has 1 aromatic carbocycles. The number of methoxy groups -OCH3 is 1. The summed E-state index contributed by atoms with van der Waals surface area (Å²) in [4.78, 5) is 24.1. The van der Waals surface area contributed by atoms with Gasteiger partial charge in [-0.2, -0.15) is 0 Å². The summed E-state index contributed by atoms with van der Waals surface area (Å²) in [7, 11) is 1.60. The lowest BCUT2D eigenvalue weighted by Gasteiger charge is -2.13. The standard InChI is InChI=1S/C17H17N7O2/c1-26-12-7-5-11(6-8-12)22-15-14(18)16(21-10-20-15)23-24-17(25)13-4-2-3-9-19-13/h2-10H,18H2,1H3,(H,24,25)(H2,20,21,22,23). The van der Waals surface area contributed by atoms with Crippen LogP contribution in [0.15, 0.2) is 55.0 Å². The molecular formula is C17H17N7O2. The Kier molecular flexibility index (Phi) is 5.08. The van der Waals surface area contributed by atoms with Gasteiger partial charge in [0, 0.05) is 11.9 Å². The zero-order valence-electron chi connectivity index (χ0n) is 13.9. The largest absolute Gasteiger partial charge is 0.497 e. The molecule has 132 valence electrons. The Labute approximate surface area is 149 Å². The van der Waals surface area contributed by atoms with Gasteiger partial charge in [-0.3, -0.25) is 20.6 Å². The Bertz CT molecular complexity index is 885. The zero-order valence-corrected chi connectivity index (χ0v) is 13.9. The number of anilines is 4. The minimum absolute atomic E-state index is 0.254. The van der Waals surface area contributed by atoms with E-state index in [-0.39, 0.29) is 17.2 Å².